The molecule has 3 aromatic rings. The van der Waals surface area contributed by atoms with Gasteiger partial charge in [-0.15, -0.1) is 0 Å². The van der Waals surface area contributed by atoms with Crippen molar-refractivity contribution in [2.75, 3.05) is 5.73 Å². The van der Waals surface area contributed by atoms with Gasteiger partial charge in [0.1, 0.15) is 17.3 Å². The predicted molar refractivity (Wildman–Crippen MR) is 87.0 cm³/mol. The summed E-state index contributed by atoms with van der Waals surface area (Å²) in [5.41, 5.74) is 8.20. The molecule has 4 heteroatoms. The van der Waals surface area contributed by atoms with E-state index in [9.17, 15) is 0 Å². The zero-order valence-corrected chi connectivity index (χ0v) is 12.5. The van der Waals surface area contributed by atoms with E-state index in [1.807, 2.05) is 24.5 Å². The predicted octanol–water partition coefficient (Wildman–Crippen LogP) is 3.65. The first-order valence-corrected chi connectivity index (χ1v) is 7.44. The Kier molecular flexibility index (Phi) is 3.60. The van der Waals surface area contributed by atoms with Crippen LogP contribution < -0.4 is 5.73 Å². The maximum Gasteiger partial charge on any atom is 0.131 e. The number of nitrogens with zero attached hydrogens (tertiary/aromatic N) is 3. The Morgan fingerprint density at radius 2 is 1.95 bits per heavy atom. The number of rotatable bonds is 4. The van der Waals surface area contributed by atoms with Gasteiger partial charge < -0.3 is 10.3 Å². The third-order valence-corrected chi connectivity index (χ3v) is 3.80. The van der Waals surface area contributed by atoms with E-state index in [1.165, 1.54) is 0 Å². The van der Waals surface area contributed by atoms with Gasteiger partial charge in [-0.2, -0.15) is 0 Å². The molecule has 0 saturated heterocycles. The molecule has 0 amide bonds. The van der Waals surface area contributed by atoms with Crippen LogP contribution >= 0.6 is 0 Å². The number of aryl methyl sites for hydroxylation is 1. The summed E-state index contributed by atoms with van der Waals surface area (Å²) < 4.78 is 2.10. The van der Waals surface area contributed by atoms with Gasteiger partial charge in [-0.3, -0.25) is 4.98 Å². The van der Waals surface area contributed by atoms with E-state index in [-0.39, 0.29) is 0 Å². The van der Waals surface area contributed by atoms with Crippen molar-refractivity contribution in [1.29, 1.82) is 0 Å². The van der Waals surface area contributed by atoms with Crippen LogP contribution in [0, 0.1) is 0 Å². The molecule has 0 aliphatic carbocycles. The van der Waals surface area contributed by atoms with Gasteiger partial charge in [0.15, 0.2) is 0 Å². The molecule has 0 aliphatic heterocycles. The van der Waals surface area contributed by atoms with Crippen LogP contribution in [-0.2, 0) is 13.0 Å². The summed E-state index contributed by atoms with van der Waals surface area (Å²) in [7, 11) is 0. The molecule has 2 heterocycles. The smallest absolute Gasteiger partial charge is 0.131 e. The standard InChI is InChI=1S/C17H20N4/c1-3-7-15-20-16(17(18)21(15)4-2)14-11-19-10-12-8-5-6-9-13(12)14/h5-6,8-11H,3-4,7,18H2,1-2H3. The van der Waals surface area contributed by atoms with Gasteiger partial charge >= 0.3 is 0 Å². The maximum atomic E-state index is 6.34. The number of anilines is 1. The Morgan fingerprint density at radius 1 is 1.14 bits per heavy atom. The van der Waals surface area contributed by atoms with Crippen LogP contribution in [-0.4, -0.2) is 14.5 Å². The fourth-order valence-corrected chi connectivity index (χ4v) is 2.78. The van der Waals surface area contributed by atoms with Crippen LogP contribution in [0.25, 0.3) is 22.0 Å². The van der Waals surface area contributed by atoms with Crippen LogP contribution in [0.3, 0.4) is 0 Å². The number of pyridine rings is 1. The Morgan fingerprint density at radius 3 is 2.71 bits per heavy atom. The van der Waals surface area contributed by atoms with Crippen LogP contribution in [0.2, 0.25) is 0 Å². The molecule has 1 aromatic carbocycles. The number of fused-ring (bicyclic) bond motifs is 1. The number of hydrogen-bond acceptors (Lipinski definition) is 3. The van der Waals surface area contributed by atoms with Crippen molar-refractivity contribution < 1.29 is 0 Å². The molecule has 2 N–H and O–H groups in total. The zero-order chi connectivity index (χ0) is 14.8. The summed E-state index contributed by atoms with van der Waals surface area (Å²) in [5, 5.41) is 2.25. The summed E-state index contributed by atoms with van der Waals surface area (Å²) >= 11 is 0. The third kappa shape index (κ3) is 2.27. The monoisotopic (exact) mass is 280 g/mol. The van der Waals surface area contributed by atoms with E-state index in [1.54, 1.807) is 0 Å². The average Bonchev–Trinajstić information content (AvgIpc) is 2.83. The molecule has 0 bridgehead atoms. The lowest BCUT2D eigenvalue weighted by Crippen LogP contribution is -2.05. The highest BCUT2D eigenvalue weighted by Crippen LogP contribution is 2.31. The van der Waals surface area contributed by atoms with Gasteiger partial charge in [0.25, 0.3) is 0 Å². The molecule has 0 saturated carbocycles. The van der Waals surface area contributed by atoms with Crippen molar-refractivity contribution >= 4 is 16.6 Å². The fraction of sp³-hybridized carbons (Fsp3) is 0.294. The second-order valence-corrected chi connectivity index (χ2v) is 5.16. The summed E-state index contributed by atoms with van der Waals surface area (Å²) in [5.74, 6) is 1.79. The first-order chi connectivity index (χ1) is 10.3. The highest BCUT2D eigenvalue weighted by Gasteiger charge is 2.16. The van der Waals surface area contributed by atoms with Crippen molar-refractivity contribution in [2.24, 2.45) is 0 Å². The molecule has 0 radical (unpaired) electrons. The number of benzene rings is 1. The van der Waals surface area contributed by atoms with Gasteiger partial charge in [0.2, 0.25) is 0 Å². The van der Waals surface area contributed by atoms with Crippen molar-refractivity contribution in [2.45, 2.75) is 33.2 Å². The largest absolute Gasteiger partial charge is 0.383 e. The number of nitrogen functional groups attached to an aromatic ring is 1. The topological polar surface area (TPSA) is 56.7 Å². The molecule has 21 heavy (non-hydrogen) atoms. The number of aromatic nitrogens is 3. The Hall–Kier alpha value is -2.36. The molecule has 3 rings (SSSR count). The molecular weight excluding hydrogens is 260 g/mol. The van der Waals surface area contributed by atoms with E-state index in [4.69, 9.17) is 10.7 Å². The zero-order valence-electron chi connectivity index (χ0n) is 12.5. The van der Waals surface area contributed by atoms with E-state index in [2.05, 4.69) is 35.5 Å². The summed E-state index contributed by atoms with van der Waals surface area (Å²) in [4.78, 5) is 9.12. The molecule has 4 nitrogen and oxygen atoms in total. The van der Waals surface area contributed by atoms with E-state index in [0.29, 0.717) is 0 Å². The molecule has 108 valence electrons. The van der Waals surface area contributed by atoms with Crippen molar-refractivity contribution in [3.05, 3.63) is 42.5 Å². The lowest BCUT2D eigenvalue weighted by atomic mass is 10.1. The molecule has 0 unspecified atom stereocenters. The lowest BCUT2D eigenvalue weighted by molar-refractivity contribution is 0.690. The van der Waals surface area contributed by atoms with Crippen LogP contribution in [0.1, 0.15) is 26.1 Å². The second-order valence-electron chi connectivity index (χ2n) is 5.16. The summed E-state index contributed by atoms with van der Waals surface area (Å²) in [6, 6.07) is 8.21. The highest BCUT2D eigenvalue weighted by atomic mass is 15.1. The normalized spacial score (nSPS) is 11.1. The minimum Gasteiger partial charge on any atom is -0.383 e. The average molecular weight is 280 g/mol. The van der Waals surface area contributed by atoms with Crippen molar-refractivity contribution in [1.82, 2.24) is 14.5 Å². The molecule has 0 spiro atoms. The minimum absolute atomic E-state index is 0.735. The molecule has 0 atom stereocenters. The van der Waals surface area contributed by atoms with Gasteiger partial charge in [0, 0.05) is 36.3 Å². The van der Waals surface area contributed by atoms with E-state index < -0.39 is 0 Å². The van der Waals surface area contributed by atoms with Gasteiger partial charge in [0.05, 0.1) is 0 Å². The van der Waals surface area contributed by atoms with E-state index >= 15 is 0 Å². The molecule has 0 aliphatic rings. The first-order valence-electron chi connectivity index (χ1n) is 7.44. The Bertz CT molecular complexity index is 768. The lowest BCUT2D eigenvalue weighted by Gasteiger charge is -2.06. The maximum absolute atomic E-state index is 6.34. The number of imidazole rings is 1. The van der Waals surface area contributed by atoms with Gasteiger partial charge in [-0.25, -0.2) is 4.98 Å². The SMILES string of the molecule is CCCc1nc(-c2cncc3ccccc23)c(N)n1CC. The van der Waals surface area contributed by atoms with Gasteiger partial charge in [-0.1, -0.05) is 31.2 Å². The fourth-order valence-electron chi connectivity index (χ4n) is 2.78. The molecule has 2 aromatic heterocycles. The third-order valence-electron chi connectivity index (χ3n) is 3.80. The highest BCUT2D eigenvalue weighted by molar-refractivity contribution is 5.96. The number of nitrogens with two attached hydrogens (primary N) is 1. The summed E-state index contributed by atoms with van der Waals surface area (Å²) in [6.07, 6.45) is 5.73. The van der Waals surface area contributed by atoms with Crippen LogP contribution in [0.15, 0.2) is 36.7 Å². The second kappa shape index (κ2) is 5.56. The Balaban J connectivity index is 2.23. The Labute approximate surface area is 124 Å². The van der Waals surface area contributed by atoms with Crippen LogP contribution in [0.5, 0.6) is 0 Å². The molecular formula is C17H20N4. The molecule has 0 fully saturated rings. The van der Waals surface area contributed by atoms with E-state index in [0.717, 1.165) is 53.1 Å². The van der Waals surface area contributed by atoms with Crippen LogP contribution in [0.4, 0.5) is 5.82 Å². The quantitative estimate of drug-likeness (QED) is 0.793. The van der Waals surface area contributed by atoms with Crippen molar-refractivity contribution in [3.8, 4) is 11.3 Å². The van der Waals surface area contributed by atoms with Gasteiger partial charge in [-0.05, 0) is 18.7 Å². The summed E-state index contributed by atoms with van der Waals surface area (Å²) in [6.45, 7) is 5.10. The first kappa shape index (κ1) is 13.6. The minimum atomic E-state index is 0.735. The van der Waals surface area contributed by atoms with Crippen molar-refractivity contribution in [3.63, 3.8) is 0 Å². The number of hydrogen-bond donors (Lipinski definition) is 1.